The van der Waals surface area contributed by atoms with Gasteiger partial charge in [0, 0.05) is 12.7 Å². The van der Waals surface area contributed by atoms with Crippen LogP contribution in [0.5, 0.6) is 0 Å². The maximum absolute atomic E-state index is 5.97. The molecule has 3 nitrogen and oxygen atoms in total. The molecule has 0 atom stereocenters. The third-order valence-electron chi connectivity index (χ3n) is 4.10. The summed E-state index contributed by atoms with van der Waals surface area (Å²) in [6, 6.07) is 1.97. The molecule has 2 rings (SSSR count). The Bertz CT molecular complexity index is 381. The molecule has 1 fully saturated rings. The molecular weight excluding hydrogens is 210 g/mol. The van der Waals surface area contributed by atoms with Crippen LogP contribution in [0, 0.1) is 12.3 Å². The van der Waals surface area contributed by atoms with E-state index in [1.54, 1.807) is 0 Å². The van der Waals surface area contributed by atoms with Crippen LogP contribution in [-0.2, 0) is 0 Å². The Morgan fingerprint density at radius 2 is 2.12 bits per heavy atom. The van der Waals surface area contributed by atoms with Crippen LogP contribution in [0.3, 0.4) is 0 Å². The van der Waals surface area contributed by atoms with Crippen molar-refractivity contribution < 1.29 is 0 Å². The van der Waals surface area contributed by atoms with Gasteiger partial charge in [0.05, 0.1) is 5.69 Å². The van der Waals surface area contributed by atoms with Crippen molar-refractivity contribution in [3.05, 3.63) is 17.8 Å². The van der Waals surface area contributed by atoms with Crippen LogP contribution in [0.4, 0.5) is 11.5 Å². The number of nitrogens with one attached hydrogen (secondary N) is 1. The Balaban J connectivity index is 2.01. The molecule has 0 aromatic carbocycles. The van der Waals surface area contributed by atoms with Crippen molar-refractivity contribution in [1.29, 1.82) is 0 Å². The highest BCUT2D eigenvalue weighted by molar-refractivity contribution is 5.61. The maximum atomic E-state index is 5.97. The van der Waals surface area contributed by atoms with Gasteiger partial charge in [-0.05, 0) is 43.2 Å². The Morgan fingerprint density at radius 3 is 2.71 bits per heavy atom. The largest absolute Gasteiger partial charge is 0.396 e. The summed E-state index contributed by atoms with van der Waals surface area (Å²) in [4.78, 5) is 4.37. The fourth-order valence-corrected chi connectivity index (χ4v) is 2.79. The summed E-state index contributed by atoms with van der Waals surface area (Å²) >= 11 is 0. The number of anilines is 2. The highest BCUT2D eigenvalue weighted by Crippen LogP contribution is 2.41. The minimum Gasteiger partial charge on any atom is -0.396 e. The van der Waals surface area contributed by atoms with Crippen LogP contribution in [-0.4, -0.2) is 11.5 Å². The molecule has 0 saturated heterocycles. The van der Waals surface area contributed by atoms with Gasteiger partial charge in [0.2, 0.25) is 0 Å². The lowest BCUT2D eigenvalue weighted by atomic mass is 9.83. The molecule has 1 aliphatic rings. The first-order valence-corrected chi connectivity index (χ1v) is 6.61. The molecule has 1 aromatic heterocycles. The van der Waals surface area contributed by atoms with Crippen LogP contribution < -0.4 is 11.1 Å². The molecule has 0 bridgehead atoms. The van der Waals surface area contributed by atoms with E-state index in [0.717, 1.165) is 23.6 Å². The molecule has 1 saturated carbocycles. The number of nitrogens with zero attached hydrogens (tertiary/aromatic N) is 1. The van der Waals surface area contributed by atoms with Crippen molar-refractivity contribution in [1.82, 2.24) is 4.98 Å². The Morgan fingerprint density at radius 1 is 1.41 bits per heavy atom. The lowest BCUT2D eigenvalue weighted by Crippen LogP contribution is -2.26. The van der Waals surface area contributed by atoms with Gasteiger partial charge >= 0.3 is 0 Å². The summed E-state index contributed by atoms with van der Waals surface area (Å²) in [7, 11) is 0. The van der Waals surface area contributed by atoms with E-state index >= 15 is 0 Å². The third kappa shape index (κ3) is 2.71. The van der Waals surface area contributed by atoms with Gasteiger partial charge in [-0.1, -0.05) is 19.8 Å². The zero-order valence-corrected chi connectivity index (χ0v) is 10.9. The van der Waals surface area contributed by atoms with Crippen LogP contribution in [0.2, 0.25) is 0 Å². The smallest absolute Gasteiger partial charge is 0.149 e. The molecule has 94 valence electrons. The van der Waals surface area contributed by atoms with Crippen molar-refractivity contribution >= 4 is 11.5 Å². The van der Waals surface area contributed by atoms with Gasteiger partial charge in [0.15, 0.2) is 0 Å². The number of nitrogen functional groups attached to an aromatic ring is 1. The SMILES string of the molecule is CCC1(CNc2ncc(C)cc2N)CCCC1. The average Bonchev–Trinajstić information content (AvgIpc) is 2.77. The van der Waals surface area contributed by atoms with E-state index in [1.807, 2.05) is 19.2 Å². The first-order valence-electron chi connectivity index (χ1n) is 6.61. The molecule has 0 amide bonds. The summed E-state index contributed by atoms with van der Waals surface area (Å²) in [5.41, 5.74) is 8.31. The maximum Gasteiger partial charge on any atom is 0.149 e. The number of aryl methyl sites for hydroxylation is 1. The normalized spacial score (nSPS) is 18.2. The van der Waals surface area contributed by atoms with Crippen molar-refractivity contribution in [2.24, 2.45) is 5.41 Å². The lowest BCUT2D eigenvalue weighted by molar-refractivity contribution is 0.306. The molecule has 0 radical (unpaired) electrons. The molecule has 3 N–H and O–H groups in total. The van der Waals surface area contributed by atoms with E-state index in [4.69, 9.17) is 5.73 Å². The van der Waals surface area contributed by atoms with E-state index in [9.17, 15) is 0 Å². The van der Waals surface area contributed by atoms with E-state index in [2.05, 4.69) is 17.2 Å². The van der Waals surface area contributed by atoms with Crippen molar-refractivity contribution in [2.75, 3.05) is 17.6 Å². The van der Waals surface area contributed by atoms with Crippen LogP contribution in [0.15, 0.2) is 12.3 Å². The minimum absolute atomic E-state index is 0.471. The second kappa shape index (κ2) is 4.94. The van der Waals surface area contributed by atoms with Gasteiger partial charge in [0.25, 0.3) is 0 Å². The van der Waals surface area contributed by atoms with Crippen molar-refractivity contribution in [3.63, 3.8) is 0 Å². The second-order valence-electron chi connectivity index (χ2n) is 5.36. The quantitative estimate of drug-likeness (QED) is 0.838. The molecule has 0 unspecified atom stereocenters. The number of hydrogen-bond donors (Lipinski definition) is 2. The zero-order valence-electron chi connectivity index (χ0n) is 10.9. The van der Waals surface area contributed by atoms with E-state index in [0.29, 0.717) is 5.41 Å². The Kier molecular flexibility index (Phi) is 3.55. The monoisotopic (exact) mass is 233 g/mol. The topological polar surface area (TPSA) is 50.9 Å². The highest BCUT2D eigenvalue weighted by Gasteiger charge is 2.31. The molecule has 0 aliphatic heterocycles. The van der Waals surface area contributed by atoms with Gasteiger partial charge in [-0.2, -0.15) is 0 Å². The van der Waals surface area contributed by atoms with E-state index in [-0.39, 0.29) is 0 Å². The Hall–Kier alpha value is -1.25. The summed E-state index contributed by atoms with van der Waals surface area (Å²) < 4.78 is 0. The Labute approximate surface area is 104 Å². The average molecular weight is 233 g/mol. The molecule has 17 heavy (non-hydrogen) atoms. The second-order valence-corrected chi connectivity index (χ2v) is 5.36. The van der Waals surface area contributed by atoms with Crippen LogP contribution >= 0.6 is 0 Å². The summed E-state index contributed by atoms with van der Waals surface area (Å²) in [6.07, 6.45) is 8.51. The van der Waals surface area contributed by atoms with Crippen LogP contribution in [0.1, 0.15) is 44.6 Å². The molecule has 3 heteroatoms. The molecular formula is C14H23N3. The van der Waals surface area contributed by atoms with Gasteiger partial charge < -0.3 is 11.1 Å². The third-order valence-corrected chi connectivity index (χ3v) is 4.10. The zero-order chi connectivity index (χ0) is 12.3. The number of aromatic nitrogens is 1. The first kappa shape index (κ1) is 12.2. The van der Waals surface area contributed by atoms with Gasteiger partial charge in [-0.25, -0.2) is 4.98 Å². The summed E-state index contributed by atoms with van der Waals surface area (Å²) in [5.74, 6) is 0.843. The fourth-order valence-electron chi connectivity index (χ4n) is 2.79. The van der Waals surface area contributed by atoms with Crippen molar-refractivity contribution in [2.45, 2.75) is 46.0 Å². The highest BCUT2D eigenvalue weighted by atomic mass is 15.0. The van der Waals surface area contributed by atoms with E-state index in [1.165, 1.54) is 32.1 Å². The molecule has 1 aliphatic carbocycles. The number of hydrogen-bond acceptors (Lipinski definition) is 3. The van der Waals surface area contributed by atoms with E-state index < -0.39 is 0 Å². The van der Waals surface area contributed by atoms with Crippen molar-refractivity contribution in [3.8, 4) is 0 Å². The standard InChI is InChI=1S/C14H23N3/c1-3-14(6-4-5-7-14)10-17-13-12(15)8-11(2)9-16-13/h8-9H,3-7,10,15H2,1-2H3,(H,16,17). The predicted octanol–water partition coefficient (Wildman–Crippen LogP) is 3.35. The van der Waals surface area contributed by atoms with Gasteiger partial charge in [-0.3, -0.25) is 0 Å². The summed E-state index contributed by atoms with van der Waals surface area (Å²) in [5, 5.41) is 3.44. The minimum atomic E-state index is 0.471. The number of pyridine rings is 1. The lowest BCUT2D eigenvalue weighted by Gasteiger charge is -2.28. The van der Waals surface area contributed by atoms with Gasteiger partial charge in [-0.15, -0.1) is 0 Å². The van der Waals surface area contributed by atoms with Crippen LogP contribution in [0.25, 0.3) is 0 Å². The summed E-state index contributed by atoms with van der Waals surface area (Å²) in [6.45, 7) is 5.31. The fraction of sp³-hybridized carbons (Fsp3) is 0.643. The molecule has 1 heterocycles. The number of rotatable bonds is 4. The predicted molar refractivity (Wildman–Crippen MR) is 73.1 cm³/mol. The van der Waals surface area contributed by atoms with Gasteiger partial charge in [0.1, 0.15) is 5.82 Å². The molecule has 1 aromatic rings. The molecule has 0 spiro atoms. The number of nitrogens with two attached hydrogens (primary N) is 1. The first-order chi connectivity index (χ1) is 8.15.